The van der Waals surface area contributed by atoms with Crippen molar-refractivity contribution < 1.29 is 9.53 Å². The topological polar surface area (TPSA) is 75.9 Å². The van der Waals surface area contributed by atoms with Gasteiger partial charge in [-0.05, 0) is 31.9 Å². The summed E-state index contributed by atoms with van der Waals surface area (Å²) < 4.78 is 7.22. The summed E-state index contributed by atoms with van der Waals surface area (Å²) in [4.78, 5) is 16.3. The van der Waals surface area contributed by atoms with Crippen LogP contribution in [-0.4, -0.2) is 69.5 Å². The molecule has 4 rings (SSSR count). The summed E-state index contributed by atoms with van der Waals surface area (Å²) in [6.07, 6.45) is 1.57. The number of nitrogens with zero attached hydrogens (tertiary/aromatic N) is 6. The normalized spacial score (nSPS) is 21.7. The zero-order valence-corrected chi connectivity index (χ0v) is 13.3. The molecule has 2 fully saturated rings. The van der Waals surface area contributed by atoms with Gasteiger partial charge in [0.05, 0.1) is 6.04 Å². The highest BCUT2D eigenvalue weighted by Crippen LogP contribution is 2.23. The van der Waals surface area contributed by atoms with Gasteiger partial charge in [-0.1, -0.05) is 0 Å². The second-order valence-electron chi connectivity index (χ2n) is 6.22. The summed E-state index contributed by atoms with van der Waals surface area (Å²) in [5.74, 6) is 1.75. The number of fused-ring (bicyclic) bond motifs is 1. The van der Waals surface area contributed by atoms with E-state index in [0.717, 1.165) is 43.2 Å². The fraction of sp³-hybridized carbons (Fsp3) is 0.600. The largest absolute Gasteiger partial charge is 0.368 e. The van der Waals surface area contributed by atoms with Crippen molar-refractivity contribution in [2.24, 2.45) is 0 Å². The van der Waals surface area contributed by atoms with Crippen LogP contribution in [0, 0.1) is 6.92 Å². The Hall–Kier alpha value is -2.22. The van der Waals surface area contributed by atoms with Crippen LogP contribution in [0.4, 0.5) is 5.82 Å². The summed E-state index contributed by atoms with van der Waals surface area (Å²) in [5, 5.41) is 12.6. The van der Waals surface area contributed by atoms with Crippen LogP contribution in [0.15, 0.2) is 12.1 Å². The number of aromatic nitrogens is 4. The van der Waals surface area contributed by atoms with Gasteiger partial charge < -0.3 is 14.5 Å². The first-order valence-electron chi connectivity index (χ1n) is 7.96. The predicted molar refractivity (Wildman–Crippen MR) is 83.3 cm³/mol. The fourth-order valence-electron chi connectivity index (χ4n) is 3.12. The number of ether oxygens (including phenoxy) is 1. The van der Waals surface area contributed by atoms with Gasteiger partial charge in [-0.3, -0.25) is 4.79 Å². The fourth-order valence-corrected chi connectivity index (χ4v) is 3.12. The molecular weight excluding hydrogens is 296 g/mol. The van der Waals surface area contributed by atoms with Crippen LogP contribution in [0.1, 0.15) is 18.7 Å². The van der Waals surface area contributed by atoms with Crippen LogP contribution in [0.25, 0.3) is 5.65 Å². The molecule has 0 aromatic carbocycles. The molecule has 0 spiro atoms. The maximum absolute atomic E-state index is 12.4. The summed E-state index contributed by atoms with van der Waals surface area (Å²) in [7, 11) is 1.87. The van der Waals surface area contributed by atoms with Gasteiger partial charge in [0, 0.05) is 26.7 Å². The highest BCUT2D eigenvalue weighted by atomic mass is 16.5. The van der Waals surface area contributed by atoms with Crippen molar-refractivity contribution in [2.75, 3.05) is 31.6 Å². The van der Waals surface area contributed by atoms with Gasteiger partial charge >= 0.3 is 0 Å². The zero-order valence-electron chi connectivity index (χ0n) is 13.3. The molecular formula is C15H20N6O2. The molecule has 0 bridgehead atoms. The van der Waals surface area contributed by atoms with E-state index >= 15 is 0 Å². The second-order valence-corrected chi connectivity index (χ2v) is 6.22. The van der Waals surface area contributed by atoms with Crippen LogP contribution in [0.2, 0.25) is 0 Å². The Balaban J connectivity index is 1.41. The average molecular weight is 316 g/mol. The van der Waals surface area contributed by atoms with E-state index in [2.05, 4.69) is 20.2 Å². The Kier molecular flexibility index (Phi) is 3.41. The smallest absolute Gasteiger partial charge is 0.251 e. The molecule has 8 heteroatoms. The Labute approximate surface area is 134 Å². The summed E-state index contributed by atoms with van der Waals surface area (Å²) >= 11 is 0. The molecule has 8 nitrogen and oxygen atoms in total. The molecule has 2 aliphatic heterocycles. The van der Waals surface area contributed by atoms with Crippen molar-refractivity contribution in [1.82, 2.24) is 24.7 Å². The molecule has 0 N–H and O–H groups in total. The van der Waals surface area contributed by atoms with Crippen LogP contribution in [0.5, 0.6) is 0 Å². The Morgan fingerprint density at radius 3 is 2.91 bits per heavy atom. The molecule has 23 heavy (non-hydrogen) atoms. The molecule has 2 aromatic heterocycles. The second kappa shape index (κ2) is 5.45. The first kappa shape index (κ1) is 14.4. The van der Waals surface area contributed by atoms with E-state index in [1.165, 1.54) is 0 Å². The standard InChI is InChI=1S/C15H20N6O2/c1-10-16-17-13-5-6-14(18-21(10)13)20-8-11(9-20)19(2)15(22)12-4-3-7-23-12/h5-6,11-12H,3-4,7-9H2,1-2H3. The lowest BCUT2D eigenvalue weighted by atomic mass is 10.1. The Bertz CT molecular complexity index is 733. The monoisotopic (exact) mass is 316 g/mol. The number of rotatable bonds is 3. The Morgan fingerprint density at radius 2 is 2.17 bits per heavy atom. The van der Waals surface area contributed by atoms with Crippen molar-refractivity contribution in [3.8, 4) is 0 Å². The first-order valence-corrected chi connectivity index (χ1v) is 7.96. The van der Waals surface area contributed by atoms with Crippen molar-refractivity contribution in [3.63, 3.8) is 0 Å². The molecule has 1 amide bonds. The van der Waals surface area contributed by atoms with Gasteiger partial charge in [0.25, 0.3) is 5.91 Å². The van der Waals surface area contributed by atoms with Crippen LogP contribution < -0.4 is 4.90 Å². The predicted octanol–water partition coefficient (Wildman–Crippen LogP) is 0.259. The Morgan fingerprint density at radius 1 is 1.35 bits per heavy atom. The van der Waals surface area contributed by atoms with Crippen molar-refractivity contribution in [1.29, 1.82) is 0 Å². The van der Waals surface area contributed by atoms with E-state index in [1.807, 2.05) is 31.0 Å². The van der Waals surface area contributed by atoms with E-state index in [1.54, 1.807) is 4.52 Å². The number of anilines is 1. The van der Waals surface area contributed by atoms with Gasteiger partial charge in [0.2, 0.25) is 0 Å². The van der Waals surface area contributed by atoms with Gasteiger partial charge in [-0.15, -0.1) is 15.3 Å². The lowest BCUT2D eigenvalue weighted by Gasteiger charge is -2.44. The van der Waals surface area contributed by atoms with Crippen LogP contribution >= 0.6 is 0 Å². The number of aryl methyl sites for hydroxylation is 1. The minimum absolute atomic E-state index is 0.102. The van der Waals surface area contributed by atoms with E-state index in [-0.39, 0.29) is 18.1 Å². The molecule has 0 saturated carbocycles. The number of carbonyl (C=O) groups excluding carboxylic acids is 1. The van der Waals surface area contributed by atoms with Gasteiger partial charge in [0.15, 0.2) is 11.5 Å². The highest BCUT2D eigenvalue weighted by Gasteiger charge is 2.36. The molecule has 122 valence electrons. The minimum atomic E-state index is -0.247. The van der Waals surface area contributed by atoms with Gasteiger partial charge in [-0.25, -0.2) is 0 Å². The number of likely N-dealkylation sites (N-methyl/N-ethyl adjacent to an activating group) is 1. The number of hydrogen-bond acceptors (Lipinski definition) is 6. The molecule has 4 heterocycles. The van der Waals surface area contributed by atoms with Crippen molar-refractivity contribution in [2.45, 2.75) is 31.9 Å². The van der Waals surface area contributed by atoms with E-state index < -0.39 is 0 Å². The molecule has 2 aliphatic rings. The third-order valence-electron chi connectivity index (χ3n) is 4.69. The molecule has 1 atom stereocenters. The molecule has 0 radical (unpaired) electrons. The number of amides is 1. The number of carbonyl (C=O) groups is 1. The van der Waals surface area contributed by atoms with Crippen molar-refractivity contribution in [3.05, 3.63) is 18.0 Å². The SMILES string of the molecule is Cc1nnc2ccc(N3CC(N(C)C(=O)C4CCCO4)C3)nn12. The number of hydrogen-bond donors (Lipinski definition) is 0. The lowest BCUT2D eigenvalue weighted by molar-refractivity contribution is -0.142. The van der Waals surface area contributed by atoms with E-state index in [0.29, 0.717) is 6.61 Å². The minimum Gasteiger partial charge on any atom is -0.368 e. The van der Waals surface area contributed by atoms with Gasteiger partial charge in [0.1, 0.15) is 11.9 Å². The third-order valence-corrected chi connectivity index (χ3v) is 4.69. The zero-order chi connectivity index (χ0) is 16.0. The molecule has 0 aliphatic carbocycles. The first-order chi connectivity index (χ1) is 11.1. The third kappa shape index (κ3) is 2.42. The summed E-state index contributed by atoms with van der Waals surface area (Å²) in [5.41, 5.74) is 0.744. The van der Waals surface area contributed by atoms with Crippen molar-refractivity contribution >= 4 is 17.4 Å². The maximum atomic E-state index is 12.4. The lowest BCUT2D eigenvalue weighted by Crippen LogP contribution is -2.61. The van der Waals surface area contributed by atoms with Gasteiger partial charge in [-0.2, -0.15) is 4.52 Å². The quantitative estimate of drug-likeness (QED) is 0.808. The van der Waals surface area contributed by atoms with Crippen LogP contribution in [0.3, 0.4) is 0 Å². The molecule has 2 saturated heterocycles. The summed E-state index contributed by atoms with van der Waals surface area (Å²) in [6, 6.07) is 4.07. The molecule has 2 aromatic rings. The van der Waals surface area contributed by atoms with E-state index in [4.69, 9.17) is 4.74 Å². The summed E-state index contributed by atoms with van der Waals surface area (Å²) in [6.45, 7) is 4.15. The van der Waals surface area contributed by atoms with Crippen LogP contribution in [-0.2, 0) is 9.53 Å². The maximum Gasteiger partial charge on any atom is 0.251 e. The van der Waals surface area contributed by atoms with E-state index in [9.17, 15) is 4.79 Å². The average Bonchev–Trinajstić information content (AvgIpc) is 3.15. The molecule has 1 unspecified atom stereocenters. The highest BCUT2D eigenvalue weighted by molar-refractivity contribution is 5.81.